The van der Waals surface area contributed by atoms with E-state index in [2.05, 4.69) is 16.0 Å². The van der Waals surface area contributed by atoms with E-state index >= 15 is 0 Å². The molecule has 0 spiro atoms. The van der Waals surface area contributed by atoms with Gasteiger partial charge in [0.15, 0.2) is 0 Å². The molecule has 0 aromatic carbocycles. The zero-order chi connectivity index (χ0) is 29.3. The highest BCUT2D eigenvalue weighted by Gasteiger charge is 2.49. The average molecular weight is 572 g/mol. The van der Waals surface area contributed by atoms with Crippen LogP contribution in [0, 0.1) is 11.3 Å². The molecule has 3 heterocycles. The van der Waals surface area contributed by atoms with Crippen LogP contribution in [-0.4, -0.2) is 94.6 Å². The first-order valence-electron chi connectivity index (χ1n) is 12.2. The summed E-state index contributed by atoms with van der Waals surface area (Å²) in [6.07, 6.45) is -0.260. The number of aromatic nitrogens is 1. The highest BCUT2D eigenvalue weighted by Crippen LogP contribution is 2.49. The van der Waals surface area contributed by atoms with Crippen LogP contribution < -0.4 is 0 Å². The number of carbonyl (C=O) groups is 3. The zero-order valence-corrected chi connectivity index (χ0v) is 21.0. The first-order chi connectivity index (χ1) is 18.1. The van der Waals surface area contributed by atoms with Gasteiger partial charge in [-0.05, 0) is 43.2 Å². The number of nitrogens with zero attached hydrogens (tertiary/aromatic N) is 3. The molecule has 1 aliphatic carbocycles. The summed E-state index contributed by atoms with van der Waals surface area (Å²) in [5.74, 6) is -4.63. The van der Waals surface area contributed by atoms with Gasteiger partial charge in [-0.2, -0.15) is 26.3 Å². The molecule has 3 aliphatic rings. The number of carboxylic acid groups (broad SMARTS) is 2. The van der Waals surface area contributed by atoms with Gasteiger partial charge in [-0.25, -0.2) is 9.59 Å². The molecule has 220 valence electrons. The van der Waals surface area contributed by atoms with E-state index in [0.29, 0.717) is 5.92 Å². The molecular formula is C24H31F6N3O6. The molecule has 1 saturated carbocycles. The van der Waals surface area contributed by atoms with E-state index in [0.717, 1.165) is 52.2 Å². The lowest BCUT2D eigenvalue weighted by Gasteiger charge is -2.29. The van der Waals surface area contributed by atoms with Crippen molar-refractivity contribution in [1.29, 1.82) is 0 Å². The van der Waals surface area contributed by atoms with Gasteiger partial charge in [-0.3, -0.25) is 14.7 Å². The molecular weight excluding hydrogens is 540 g/mol. The molecule has 9 nitrogen and oxygen atoms in total. The molecule has 2 N–H and O–H groups in total. The number of pyridine rings is 1. The minimum atomic E-state index is -5.08. The van der Waals surface area contributed by atoms with Crippen LogP contribution in [0.2, 0.25) is 0 Å². The fourth-order valence-electron chi connectivity index (χ4n) is 5.03. The lowest BCUT2D eigenvalue weighted by atomic mass is 9.81. The fourth-order valence-corrected chi connectivity index (χ4v) is 5.03. The topological polar surface area (TPSA) is 120 Å². The van der Waals surface area contributed by atoms with Gasteiger partial charge >= 0.3 is 24.3 Å². The number of alkyl halides is 6. The number of carbonyl (C=O) groups excluding carboxylic acids is 1. The van der Waals surface area contributed by atoms with Crippen molar-refractivity contribution in [2.24, 2.45) is 11.3 Å². The van der Waals surface area contributed by atoms with Crippen LogP contribution in [-0.2, 0) is 25.7 Å². The van der Waals surface area contributed by atoms with E-state index in [1.165, 1.54) is 24.8 Å². The number of carboxylic acids is 2. The minimum Gasteiger partial charge on any atom is -0.475 e. The van der Waals surface area contributed by atoms with Crippen molar-refractivity contribution in [2.75, 3.05) is 39.4 Å². The van der Waals surface area contributed by atoms with E-state index in [1.54, 1.807) is 0 Å². The minimum absolute atomic E-state index is 0.175. The van der Waals surface area contributed by atoms with E-state index < -0.39 is 24.3 Å². The predicted molar refractivity (Wildman–Crippen MR) is 123 cm³/mol. The molecule has 0 bridgehead atoms. The Morgan fingerprint density at radius 3 is 2.13 bits per heavy atom. The van der Waals surface area contributed by atoms with Gasteiger partial charge in [-0.1, -0.05) is 12.5 Å². The van der Waals surface area contributed by atoms with Gasteiger partial charge in [0.1, 0.15) is 6.61 Å². The van der Waals surface area contributed by atoms with Gasteiger partial charge in [0, 0.05) is 50.5 Å². The maximum Gasteiger partial charge on any atom is 0.490 e. The molecule has 0 unspecified atom stereocenters. The Labute approximate surface area is 220 Å². The van der Waals surface area contributed by atoms with E-state index in [-0.39, 0.29) is 17.9 Å². The summed E-state index contributed by atoms with van der Waals surface area (Å²) in [7, 11) is 0. The molecule has 1 amide bonds. The van der Waals surface area contributed by atoms with Gasteiger partial charge < -0.3 is 19.8 Å². The van der Waals surface area contributed by atoms with Crippen molar-refractivity contribution in [1.82, 2.24) is 14.8 Å². The van der Waals surface area contributed by atoms with Crippen LogP contribution in [0.3, 0.4) is 0 Å². The van der Waals surface area contributed by atoms with Gasteiger partial charge in [0.05, 0.1) is 6.61 Å². The number of rotatable bonds is 6. The highest BCUT2D eigenvalue weighted by atomic mass is 19.4. The number of halogens is 6. The number of likely N-dealkylation sites (tertiary alicyclic amines) is 2. The number of fused-ring (bicyclic) bond motifs is 1. The molecule has 1 aromatic heterocycles. The SMILES string of the molecule is O=C(COC[C@@]12CCC[C@@H]1CN(Cc1cccnc1)C2)N1CCCC1.O=C(O)C(F)(F)F.O=C(O)C(F)(F)F. The molecule has 4 rings (SSSR count). The van der Waals surface area contributed by atoms with Gasteiger partial charge in [0.2, 0.25) is 5.91 Å². The fraction of sp³-hybridized carbons (Fsp3) is 0.667. The first kappa shape index (κ1) is 32.3. The third-order valence-electron chi connectivity index (χ3n) is 6.80. The third-order valence-corrected chi connectivity index (χ3v) is 6.80. The second kappa shape index (κ2) is 13.9. The molecule has 2 atom stereocenters. The largest absolute Gasteiger partial charge is 0.490 e. The lowest BCUT2D eigenvalue weighted by Crippen LogP contribution is -2.36. The summed E-state index contributed by atoms with van der Waals surface area (Å²) >= 11 is 0. The second-order valence-electron chi connectivity index (χ2n) is 9.67. The van der Waals surface area contributed by atoms with Gasteiger partial charge in [0.25, 0.3) is 0 Å². The Balaban J connectivity index is 0.000000317. The third kappa shape index (κ3) is 10.3. The summed E-state index contributed by atoms with van der Waals surface area (Å²) in [6, 6.07) is 4.16. The van der Waals surface area contributed by atoms with Crippen LogP contribution in [0.5, 0.6) is 0 Å². The van der Waals surface area contributed by atoms with Crippen molar-refractivity contribution in [3.8, 4) is 0 Å². The molecule has 39 heavy (non-hydrogen) atoms. The smallest absolute Gasteiger partial charge is 0.475 e. The van der Waals surface area contributed by atoms with Crippen molar-refractivity contribution < 1.29 is 55.7 Å². The van der Waals surface area contributed by atoms with E-state index in [1.807, 2.05) is 23.4 Å². The Morgan fingerprint density at radius 1 is 1.03 bits per heavy atom. The van der Waals surface area contributed by atoms with Crippen molar-refractivity contribution in [3.63, 3.8) is 0 Å². The lowest BCUT2D eigenvalue weighted by molar-refractivity contribution is -0.193. The monoisotopic (exact) mass is 571 g/mol. The summed E-state index contributed by atoms with van der Waals surface area (Å²) < 4.78 is 69.4. The van der Waals surface area contributed by atoms with Crippen LogP contribution >= 0.6 is 0 Å². The Hall–Kier alpha value is -2.94. The Bertz CT molecular complexity index is 932. The molecule has 1 aromatic rings. The van der Waals surface area contributed by atoms with Crippen molar-refractivity contribution in [2.45, 2.75) is 51.0 Å². The van der Waals surface area contributed by atoms with Crippen molar-refractivity contribution >= 4 is 17.8 Å². The molecule has 2 aliphatic heterocycles. The van der Waals surface area contributed by atoms with Crippen LogP contribution in [0.25, 0.3) is 0 Å². The average Bonchev–Trinajstić information content (AvgIpc) is 3.56. The Kier molecular flexibility index (Phi) is 11.5. The van der Waals surface area contributed by atoms with E-state index in [4.69, 9.17) is 24.5 Å². The standard InChI is InChI=1S/C20H29N3O2.2C2HF3O2/c24-19(23-9-1-2-10-23)14-25-16-20-7-3-6-18(20)13-22(15-20)12-17-5-4-8-21-11-17;2*3-2(4,5)1(6)7/h4-5,8,11,18H,1-3,6-7,9-10,12-16H2;2*(H,6,7)/t18-,20+;;/m1../s1. The number of ether oxygens (including phenoxy) is 1. The summed E-state index contributed by atoms with van der Waals surface area (Å²) in [5.41, 5.74) is 1.54. The van der Waals surface area contributed by atoms with E-state index in [9.17, 15) is 31.1 Å². The Morgan fingerprint density at radius 2 is 1.62 bits per heavy atom. The maximum absolute atomic E-state index is 12.2. The maximum atomic E-state index is 12.2. The second-order valence-corrected chi connectivity index (χ2v) is 9.67. The van der Waals surface area contributed by atoms with Crippen molar-refractivity contribution in [3.05, 3.63) is 30.1 Å². The van der Waals surface area contributed by atoms with Crippen LogP contribution in [0.4, 0.5) is 26.3 Å². The first-order valence-corrected chi connectivity index (χ1v) is 12.2. The van der Waals surface area contributed by atoms with Crippen LogP contribution in [0.15, 0.2) is 24.5 Å². The van der Waals surface area contributed by atoms with Crippen LogP contribution in [0.1, 0.15) is 37.7 Å². The number of hydrogen-bond donors (Lipinski definition) is 2. The molecule has 15 heteroatoms. The number of amides is 1. The molecule has 2 saturated heterocycles. The van der Waals surface area contributed by atoms with Gasteiger partial charge in [-0.15, -0.1) is 0 Å². The zero-order valence-electron chi connectivity index (χ0n) is 21.0. The highest BCUT2D eigenvalue weighted by molar-refractivity contribution is 5.77. The predicted octanol–water partition coefficient (Wildman–Crippen LogP) is 3.59. The number of aliphatic carboxylic acids is 2. The number of hydrogen-bond acceptors (Lipinski definition) is 6. The molecule has 0 radical (unpaired) electrons. The quantitative estimate of drug-likeness (QED) is 0.498. The molecule has 3 fully saturated rings. The summed E-state index contributed by atoms with van der Waals surface area (Å²) in [5, 5.41) is 14.2. The normalized spacial score (nSPS) is 22.8. The summed E-state index contributed by atoms with van der Waals surface area (Å²) in [4.78, 5) is 38.7. The summed E-state index contributed by atoms with van der Waals surface area (Å²) in [6.45, 7) is 6.03.